The lowest BCUT2D eigenvalue weighted by Crippen LogP contribution is -2.39. The second kappa shape index (κ2) is 11.3. The Morgan fingerprint density at radius 3 is 2.56 bits per heavy atom. The van der Waals surface area contributed by atoms with Gasteiger partial charge in [-0.2, -0.15) is 0 Å². The van der Waals surface area contributed by atoms with Crippen molar-refractivity contribution < 1.29 is 33.3 Å². The summed E-state index contributed by atoms with van der Waals surface area (Å²) >= 11 is 1.15. The minimum absolute atomic E-state index is 0.102. The molecule has 210 valence electrons. The van der Waals surface area contributed by atoms with Crippen molar-refractivity contribution in [3.05, 3.63) is 102 Å². The molecule has 4 aromatic rings. The van der Waals surface area contributed by atoms with Crippen LogP contribution in [0.5, 0.6) is 11.5 Å². The normalized spacial score (nSPS) is 14.8. The predicted octanol–water partition coefficient (Wildman–Crippen LogP) is 3.77. The summed E-state index contributed by atoms with van der Waals surface area (Å²) in [5, 5.41) is 9.54. The summed E-state index contributed by atoms with van der Waals surface area (Å²) in [7, 11) is 3.03. The van der Waals surface area contributed by atoms with Crippen molar-refractivity contribution in [2.75, 3.05) is 20.8 Å². The number of carbonyl (C=O) groups excluding carboxylic acids is 1. The zero-order valence-electron chi connectivity index (χ0n) is 22.7. The zero-order valence-corrected chi connectivity index (χ0v) is 23.5. The number of rotatable bonds is 8. The lowest BCUT2D eigenvalue weighted by atomic mass is 9.95. The molecule has 3 heterocycles. The molecule has 2 aromatic carbocycles. The average molecular weight is 575 g/mol. The molecular formula is C30H26N2O8S. The van der Waals surface area contributed by atoms with Crippen LogP contribution in [0.15, 0.2) is 80.1 Å². The lowest BCUT2D eigenvalue weighted by Gasteiger charge is -2.25. The lowest BCUT2D eigenvalue weighted by molar-refractivity contribution is -0.139. The van der Waals surface area contributed by atoms with E-state index in [2.05, 4.69) is 4.99 Å². The van der Waals surface area contributed by atoms with E-state index < -0.39 is 18.0 Å². The number of carboxylic acid groups (broad SMARTS) is 1. The Morgan fingerprint density at radius 2 is 1.85 bits per heavy atom. The summed E-state index contributed by atoms with van der Waals surface area (Å²) in [6, 6.07) is 14.2. The maximum absolute atomic E-state index is 13.9. The SMILES string of the molecule is CCOC(=O)C1=C(C)N=c2s/c(=C\c3ccc(-c4ccccc4C(=O)O)o3)c(=O)n2[C@H]1c1ccc(OC)c(OC)c1. The first-order valence-corrected chi connectivity index (χ1v) is 13.4. The van der Waals surface area contributed by atoms with E-state index >= 15 is 0 Å². The molecule has 2 aromatic heterocycles. The molecule has 5 rings (SSSR count). The number of thiazole rings is 1. The second-order valence-corrected chi connectivity index (χ2v) is 9.98. The number of esters is 1. The number of hydrogen-bond donors (Lipinski definition) is 1. The molecule has 0 saturated carbocycles. The van der Waals surface area contributed by atoms with Crippen molar-refractivity contribution in [3.63, 3.8) is 0 Å². The molecule has 0 bridgehead atoms. The molecule has 1 atom stereocenters. The number of fused-ring (bicyclic) bond motifs is 1. The van der Waals surface area contributed by atoms with Gasteiger partial charge in [-0.3, -0.25) is 9.36 Å². The van der Waals surface area contributed by atoms with Gasteiger partial charge in [0.05, 0.1) is 48.2 Å². The largest absolute Gasteiger partial charge is 0.493 e. The number of carboxylic acids is 1. The van der Waals surface area contributed by atoms with Crippen molar-refractivity contribution in [1.82, 2.24) is 4.57 Å². The molecule has 0 saturated heterocycles. The Labute approximate surface area is 238 Å². The zero-order chi connectivity index (χ0) is 29.3. The van der Waals surface area contributed by atoms with E-state index in [0.717, 1.165) is 11.3 Å². The third-order valence-electron chi connectivity index (χ3n) is 6.56. The summed E-state index contributed by atoms with van der Waals surface area (Å²) in [5.41, 5.74) is 1.42. The second-order valence-electron chi connectivity index (χ2n) is 8.97. The summed E-state index contributed by atoms with van der Waals surface area (Å²) in [5.74, 6) is 0.000363. The molecule has 0 fully saturated rings. The van der Waals surface area contributed by atoms with Gasteiger partial charge in [0.2, 0.25) is 0 Å². The first-order valence-electron chi connectivity index (χ1n) is 12.6. The van der Waals surface area contributed by atoms with Gasteiger partial charge in [0, 0.05) is 11.6 Å². The number of nitrogens with zero attached hydrogens (tertiary/aromatic N) is 2. The molecule has 1 N–H and O–H groups in total. The number of carbonyl (C=O) groups is 2. The third-order valence-corrected chi connectivity index (χ3v) is 7.55. The predicted molar refractivity (Wildman–Crippen MR) is 151 cm³/mol. The fraction of sp³-hybridized carbons (Fsp3) is 0.200. The van der Waals surface area contributed by atoms with E-state index in [0.29, 0.717) is 49.2 Å². The van der Waals surface area contributed by atoms with Crippen LogP contribution in [0.25, 0.3) is 17.4 Å². The van der Waals surface area contributed by atoms with Crippen LogP contribution in [0.1, 0.15) is 41.6 Å². The average Bonchev–Trinajstić information content (AvgIpc) is 3.56. The topological polar surface area (TPSA) is 130 Å². The first-order chi connectivity index (χ1) is 19.8. The minimum atomic E-state index is -1.07. The number of methoxy groups -OCH3 is 2. The van der Waals surface area contributed by atoms with Crippen LogP contribution in [-0.2, 0) is 9.53 Å². The quantitative estimate of drug-likeness (QED) is 0.315. The Bertz CT molecular complexity index is 1880. The monoisotopic (exact) mass is 574 g/mol. The van der Waals surface area contributed by atoms with Gasteiger partial charge in [0.1, 0.15) is 11.5 Å². The van der Waals surface area contributed by atoms with Gasteiger partial charge < -0.3 is 23.7 Å². The van der Waals surface area contributed by atoms with Crippen LogP contribution in [0.4, 0.5) is 0 Å². The highest BCUT2D eigenvalue weighted by molar-refractivity contribution is 7.07. The summed E-state index contributed by atoms with van der Waals surface area (Å²) in [4.78, 5) is 43.6. The van der Waals surface area contributed by atoms with Crippen LogP contribution < -0.4 is 24.4 Å². The van der Waals surface area contributed by atoms with Gasteiger partial charge in [-0.1, -0.05) is 35.6 Å². The molecule has 10 nitrogen and oxygen atoms in total. The fourth-order valence-electron chi connectivity index (χ4n) is 4.72. The number of aromatic carboxylic acids is 1. The molecule has 0 spiro atoms. The van der Waals surface area contributed by atoms with Gasteiger partial charge in [0.25, 0.3) is 5.56 Å². The highest BCUT2D eigenvalue weighted by Gasteiger charge is 2.34. The third kappa shape index (κ3) is 5.07. The van der Waals surface area contributed by atoms with Crippen molar-refractivity contribution in [3.8, 4) is 22.8 Å². The first kappa shape index (κ1) is 27.7. The highest BCUT2D eigenvalue weighted by atomic mass is 32.1. The van der Waals surface area contributed by atoms with Crippen LogP contribution in [0, 0.1) is 0 Å². The van der Waals surface area contributed by atoms with E-state index in [1.54, 1.807) is 68.5 Å². The van der Waals surface area contributed by atoms with E-state index in [-0.39, 0.29) is 23.3 Å². The smallest absolute Gasteiger partial charge is 0.338 e. The van der Waals surface area contributed by atoms with E-state index in [1.165, 1.54) is 24.9 Å². The van der Waals surface area contributed by atoms with Gasteiger partial charge in [-0.25, -0.2) is 14.6 Å². The summed E-state index contributed by atoms with van der Waals surface area (Å²) in [6.07, 6.45) is 1.58. The van der Waals surface area contributed by atoms with Gasteiger partial charge in [-0.15, -0.1) is 0 Å². The molecular weight excluding hydrogens is 548 g/mol. The van der Waals surface area contributed by atoms with Gasteiger partial charge >= 0.3 is 11.9 Å². The van der Waals surface area contributed by atoms with Crippen LogP contribution in [0.2, 0.25) is 0 Å². The van der Waals surface area contributed by atoms with E-state index in [9.17, 15) is 19.5 Å². The van der Waals surface area contributed by atoms with Crippen molar-refractivity contribution in [2.24, 2.45) is 4.99 Å². The minimum Gasteiger partial charge on any atom is -0.493 e. The number of ether oxygens (including phenoxy) is 3. The molecule has 0 unspecified atom stereocenters. The molecule has 1 aliphatic heterocycles. The van der Waals surface area contributed by atoms with Crippen LogP contribution in [-0.4, -0.2) is 42.4 Å². The van der Waals surface area contributed by atoms with Crippen LogP contribution in [0.3, 0.4) is 0 Å². The molecule has 11 heteroatoms. The van der Waals surface area contributed by atoms with Crippen LogP contribution >= 0.6 is 11.3 Å². The Kier molecular flexibility index (Phi) is 7.62. The number of hydrogen-bond acceptors (Lipinski definition) is 9. The maximum atomic E-state index is 13.9. The van der Waals surface area contributed by atoms with Crippen molar-refractivity contribution in [2.45, 2.75) is 19.9 Å². The number of furan rings is 1. The molecule has 0 aliphatic carbocycles. The summed E-state index contributed by atoms with van der Waals surface area (Å²) < 4.78 is 23.9. The molecule has 0 radical (unpaired) electrons. The Balaban J connectivity index is 1.66. The van der Waals surface area contributed by atoms with Crippen molar-refractivity contribution in [1.29, 1.82) is 0 Å². The standard InChI is InChI=1S/C30H26N2O8S/c1-5-39-29(36)25-16(2)31-30-32(26(25)17-10-12-22(37-3)23(14-17)38-4)27(33)24(41-30)15-18-11-13-21(40-18)19-8-6-7-9-20(19)28(34)35/h6-15,26H,5H2,1-4H3,(H,34,35)/b24-15-/t26-/m0/s1. The Hall–Kier alpha value is -4.90. The highest BCUT2D eigenvalue weighted by Crippen LogP contribution is 2.36. The Morgan fingerprint density at radius 1 is 1.10 bits per heavy atom. The number of allylic oxidation sites excluding steroid dienone is 1. The molecule has 0 amide bonds. The molecule has 41 heavy (non-hydrogen) atoms. The van der Waals surface area contributed by atoms with Gasteiger partial charge in [-0.05, 0) is 49.7 Å². The number of aromatic nitrogens is 1. The maximum Gasteiger partial charge on any atom is 0.338 e. The van der Waals surface area contributed by atoms with Crippen molar-refractivity contribution >= 4 is 29.4 Å². The molecule has 1 aliphatic rings. The van der Waals surface area contributed by atoms with Gasteiger partial charge in [0.15, 0.2) is 16.3 Å². The number of benzene rings is 2. The summed E-state index contributed by atoms with van der Waals surface area (Å²) in [6.45, 7) is 3.57. The van der Waals surface area contributed by atoms with E-state index in [1.807, 2.05) is 0 Å². The van der Waals surface area contributed by atoms with E-state index in [4.69, 9.17) is 18.6 Å². The fourth-order valence-corrected chi connectivity index (χ4v) is 5.75.